The Morgan fingerprint density at radius 3 is 2.37 bits per heavy atom. The van der Waals surface area contributed by atoms with E-state index in [1.54, 1.807) is 18.2 Å². The molecule has 0 aliphatic carbocycles. The summed E-state index contributed by atoms with van der Waals surface area (Å²) in [5.74, 6) is 0.476. The van der Waals surface area contributed by atoms with Crippen LogP contribution >= 0.6 is 0 Å². The highest BCUT2D eigenvalue weighted by atomic mass is 16.7. The quantitative estimate of drug-likeness (QED) is 0.609. The summed E-state index contributed by atoms with van der Waals surface area (Å²) in [5.41, 5.74) is 0.302. The van der Waals surface area contributed by atoms with Gasteiger partial charge in [-0.3, -0.25) is 4.79 Å². The molecule has 0 amide bonds. The van der Waals surface area contributed by atoms with E-state index in [9.17, 15) is 9.90 Å². The first-order valence-electron chi connectivity index (χ1n) is 6.47. The van der Waals surface area contributed by atoms with Crippen LogP contribution in [0.3, 0.4) is 0 Å². The Morgan fingerprint density at radius 2 is 1.89 bits per heavy atom. The van der Waals surface area contributed by atoms with E-state index < -0.39 is 5.60 Å². The molecule has 0 atom stereocenters. The molecule has 1 aromatic carbocycles. The number of aliphatic hydroxyl groups is 1. The highest BCUT2D eigenvalue weighted by Crippen LogP contribution is 2.32. The van der Waals surface area contributed by atoms with Crippen molar-refractivity contribution in [3.8, 4) is 5.75 Å². The number of benzene rings is 1. The van der Waals surface area contributed by atoms with E-state index >= 15 is 0 Å². The molecule has 19 heavy (non-hydrogen) atoms. The molecule has 0 heterocycles. The van der Waals surface area contributed by atoms with Crippen molar-refractivity contribution in [2.75, 3.05) is 13.9 Å². The third-order valence-electron chi connectivity index (χ3n) is 3.36. The number of methoxy groups -OCH3 is 1. The first-order valence-corrected chi connectivity index (χ1v) is 6.47. The molecule has 1 rings (SSSR count). The van der Waals surface area contributed by atoms with Crippen molar-refractivity contribution in [3.05, 3.63) is 29.3 Å². The standard InChI is InChI=1S/C15H22O4/c1-5-15(17,6-2)13-7-12(11(3)16)8-14(9-13)19-10-18-4/h7-9,17H,5-6,10H2,1-4H3. The molecule has 0 aliphatic rings. The molecule has 0 bridgehead atoms. The van der Waals surface area contributed by atoms with Gasteiger partial charge in [-0.25, -0.2) is 0 Å². The third-order valence-corrected chi connectivity index (χ3v) is 3.36. The predicted octanol–water partition coefficient (Wildman–Crippen LogP) is 2.88. The highest BCUT2D eigenvalue weighted by Gasteiger charge is 2.26. The monoisotopic (exact) mass is 266 g/mol. The van der Waals surface area contributed by atoms with Gasteiger partial charge in [-0.2, -0.15) is 0 Å². The van der Waals surface area contributed by atoms with E-state index in [4.69, 9.17) is 9.47 Å². The summed E-state index contributed by atoms with van der Waals surface area (Å²) >= 11 is 0. The van der Waals surface area contributed by atoms with Crippen molar-refractivity contribution in [2.24, 2.45) is 0 Å². The number of hydrogen-bond acceptors (Lipinski definition) is 4. The molecule has 4 nitrogen and oxygen atoms in total. The van der Waals surface area contributed by atoms with Gasteiger partial charge >= 0.3 is 0 Å². The van der Waals surface area contributed by atoms with Gasteiger partial charge in [0.15, 0.2) is 12.6 Å². The zero-order valence-corrected chi connectivity index (χ0v) is 12.0. The predicted molar refractivity (Wildman–Crippen MR) is 73.4 cm³/mol. The maximum absolute atomic E-state index is 11.6. The Balaban J connectivity index is 3.23. The van der Waals surface area contributed by atoms with E-state index in [2.05, 4.69) is 0 Å². The Bertz CT molecular complexity index is 436. The smallest absolute Gasteiger partial charge is 0.188 e. The Morgan fingerprint density at radius 1 is 1.26 bits per heavy atom. The molecule has 1 aromatic rings. The van der Waals surface area contributed by atoms with Gasteiger partial charge in [0.25, 0.3) is 0 Å². The minimum absolute atomic E-state index is 0.0568. The van der Waals surface area contributed by atoms with Crippen LogP contribution in [-0.2, 0) is 10.3 Å². The zero-order valence-electron chi connectivity index (χ0n) is 12.0. The number of carbonyl (C=O) groups excluding carboxylic acids is 1. The molecule has 0 saturated heterocycles. The number of rotatable bonds is 7. The largest absolute Gasteiger partial charge is 0.468 e. The lowest BCUT2D eigenvalue weighted by molar-refractivity contribution is 0.0267. The second-order valence-corrected chi connectivity index (χ2v) is 4.59. The third kappa shape index (κ3) is 3.78. The molecule has 0 aromatic heterocycles. The Labute approximate surface area is 114 Å². The molecule has 0 radical (unpaired) electrons. The molecule has 0 unspecified atom stereocenters. The summed E-state index contributed by atoms with van der Waals surface area (Å²) in [6.07, 6.45) is 1.16. The summed E-state index contributed by atoms with van der Waals surface area (Å²) in [6.45, 7) is 5.44. The van der Waals surface area contributed by atoms with Crippen LogP contribution in [0.4, 0.5) is 0 Å². The Hall–Kier alpha value is -1.39. The van der Waals surface area contributed by atoms with Gasteiger partial charge in [0.1, 0.15) is 5.75 Å². The topological polar surface area (TPSA) is 55.8 Å². The second kappa shape index (κ2) is 6.68. The van der Waals surface area contributed by atoms with E-state index in [1.165, 1.54) is 14.0 Å². The SMILES string of the molecule is CCC(O)(CC)c1cc(OCOC)cc(C(C)=O)c1. The van der Waals surface area contributed by atoms with Crippen LogP contribution in [0.1, 0.15) is 49.5 Å². The van der Waals surface area contributed by atoms with E-state index in [-0.39, 0.29) is 12.6 Å². The molecular weight excluding hydrogens is 244 g/mol. The summed E-state index contributed by atoms with van der Waals surface area (Å²) in [6, 6.07) is 5.16. The van der Waals surface area contributed by atoms with E-state index in [1.807, 2.05) is 13.8 Å². The van der Waals surface area contributed by atoms with Crippen molar-refractivity contribution < 1.29 is 19.4 Å². The van der Waals surface area contributed by atoms with Crippen LogP contribution in [-0.4, -0.2) is 24.8 Å². The summed E-state index contributed by atoms with van der Waals surface area (Å²) < 4.78 is 10.2. The van der Waals surface area contributed by atoms with Gasteiger partial charge in [-0.15, -0.1) is 0 Å². The summed E-state index contributed by atoms with van der Waals surface area (Å²) in [7, 11) is 1.53. The van der Waals surface area contributed by atoms with Crippen molar-refractivity contribution in [1.29, 1.82) is 0 Å². The molecule has 106 valence electrons. The van der Waals surface area contributed by atoms with Gasteiger partial charge < -0.3 is 14.6 Å². The van der Waals surface area contributed by atoms with Gasteiger partial charge in [-0.1, -0.05) is 13.8 Å². The molecule has 0 aliphatic heterocycles. The molecular formula is C15H22O4. The van der Waals surface area contributed by atoms with Gasteiger partial charge in [-0.05, 0) is 43.5 Å². The average Bonchev–Trinajstić information content (AvgIpc) is 2.43. The lowest BCUT2D eigenvalue weighted by Crippen LogP contribution is -2.24. The lowest BCUT2D eigenvalue weighted by Gasteiger charge is -2.26. The second-order valence-electron chi connectivity index (χ2n) is 4.59. The van der Waals surface area contributed by atoms with Crippen molar-refractivity contribution in [2.45, 2.75) is 39.2 Å². The normalized spacial score (nSPS) is 11.4. The molecule has 0 saturated carbocycles. The van der Waals surface area contributed by atoms with Crippen molar-refractivity contribution >= 4 is 5.78 Å². The fourth-order valence-electron chi connectivity index (χ4n) is 1.94. The van der Waals surface area contributed by atoms with Gasteiger partial charge in [0.05, 0.1) is 5.60 Å². The van der Waals surface area contributed by atoms with Crippen LogP contribution in [0.25, 0.3) is 0 Å². The van der Waals surface area contributed by atoms with E-state index in [0.717, 1.165) is 0 Å². The molecule has 4 heteroatoms. The van der Waals surface area contributed by atoms with Crippen LogP contribution < -0.4 is 4.74 Å². The number of hydrogen-bond donors (Lipinski definition) is 1. The fraction of sp³-hybridized carbons (Fsp3) is 0.533. The first kappa shape index (κ1) is 15.7. The number of ketones is 1. The zero-order chi connectivity index (χ0) is 14.5. The maximum atomic E-state index is 11.6. The highest BCUT2D eigenvalue weighted by molar-refractivity contribution is 5.94. The van der Waals surface area contributed by atoms with Crippen LogP contribution in [0.5, 0.6) is 5.75 Å². The minimum atomic E-state index is -0.934. The van der Waals surface area contributed by atoms with E-state index in [0.29, 0.717) is 29.7 Å². The number of Topliss-reactive ketones (excluding diaryl/α,β-unsaturated/α-hetero) is 1. The molecule has 0 fully saturated rings. The van der Waals surface area contributed by atoms with Crippen molar-refractivity contribution in [1.82, 2.24) is 0 Å². The first-order chi connectivity index (χ1) is 8.96. The van der Waals surface area contributed by atoms with Crippen molar-refractivity contribution in [3.63, 3.8) is 0 Å². The van der Waals surface area contributed by atoms with Crippen LogP contribution in [0.15, 0.2) is 18.2 Å². The summed E-state index contributed by atoms with van der Waals surface area (Å²) in [5, 5.41) is 10.6. The molecule has 0 spiro atoms. The van der Waals surface area contributed by atoms with Gasteiger partial charge in [0.2, 0.25) is 0 Å². The van der Waals surface area contributed by atoms with Gasteiger partial charge in [0, 0.05) is 12.7 Å². The number of ether oxygens (including phenoxy) is 2. The van der Waals surface area contributed by atoms with Crippen LogP contribution in [0, 0.1) is 0 Å². The Kier molecular flexibility index (Phi) is 5.51. The van der Waals surface area contributed by atoms with Crippen LogP contribution in [0.2, 0.25) is 0 Å². The summed E-state index contributed by atoms with van der Waals surface area (Å²) in [4.78, 5) is 11.6. The number of carbonyl (C=O) groups is 1. The maximum Gasteiger partial charge on any atom is 0.188 e. The lowest BCUT2D eigenvalue weighted by atomic mass is 9.87. The molecule has 1 N–H and O–H groups in total. The fourth-order valence-corrected chi connectivity index (χ4v) is 1.94. The average molecular weight is 266 g/mol. The minimum Gasteiger partial charge on any atom is -0.468 e.